The number of carboxylic acid groups (broad SMARTS) is 1. The summed E-state index contributed by atoms with van der Waals surface area (Å²) in [5.41, 5.74) is -0.939. The summed E-state index contributed by atoms with van der Waals surface area (Å²) in [6, 6.07) is 9.01. The first kappa shape index (κ1) is 33.7. The van der Waals surface area contributed by atoms with Crippen molar-refractivity contribution < 1.29 is 41.0 Å². The van der Waals surface area contributed by atoms with Crippen molar-refractivity contribution in [3.63, 3.8) is 0 Å². The number of alkyl halides is 3. The van der Waals surface area contributed by atoms with Crippen LogP contribution in [0.4, 0.5) is 17.6 Å². The lowest BCUT2D eigenvalue weighted by atomic mass is 9.94. The van der Waals surface area contributed by atoms with E-state index in [1.165, 1.54) is 20.0 Å². The van der Waals surface area contributed by atoms with E-state index in [1.807, 2.05) is 13.8 Å². The van der Waals surface area contributed by atoms with Crippen LogP contribution in [0.15, 0.2) is 47.4 Å². The molecule has 0 aliphatic rings. The Bertz CT molecular complexity index is 1250. The minimum atomic E-state index is -4.81. The molecule has 0 amide bonds. The number of hydrogen-bond donors (Lipinski definition) is 3. The molecule has 0 saturated carbocycles. The molecule has 0 aliphatic carbocycles. The van der Waals surface area contributed by atoms with Crippen LogP contribution in [0.5, 0.6) is 0 Å². The van der Waals surface area contributed by atoms with Crippen LogP contribution < -0.4 is 5.32 Å². The number of aryl methyl sites for hydroxylation is 1. The maximum absolute atomic E-state index is 13.8. The van der Waals surface area contributed by atoms with Gasteiger partial charge in [-0.15, -0.1) is 0 Å². The number of carboxylic acids is 1. The molecule has 0 saturated heterocycles. The third-order valence-corrected chi connectivity index (χ3v) is 8.62. The number of aliphatic carboxylic acids is 1. The Hall–Kier alpha value is -2.54. The van der Waals surface area contributed by atoms with Gasteiger partial charge < -0.3 is 15.5 Å². The highest BCUT2D eigenvalue weighted by atomic mass is 32.2. The van der Waals surface area contributed by atoms with E-state index in [0.717, 1.165) is 16.4 Å². The van der Waals surface area contributed by atoms with Crippen molar-refractivity contribution in [2.45, 2.75) is 81.5 Å². The molecule has 12 heteroatoms. The zero-order valence-electron chi connectivity index (χ0n) is 23.1. The number of hydrogen-bond acceptors (Lipinski definition) is 5. The van der Waals surface area contributed by atoms with Gasteiger partial charge in [0.05, 0.1) is 16.6 Å². The zero-order valence-corrected chi connectivity index (χ0v) is 23.9. The highest BCUT2D eigenvalue weighted by Gasteiger charge is 2.34. The van der Waals surface area contributed by atoms with Crippen LogP contribution in [0.2, 0.25) is 0 Å². The summed E-state index contributed by atoms with van der Waals surface area (Å²) < 4.78 is 81.7. The molecule has 0 bridgehead atoms. The molecule has 2 aromatic carbocycles. The fourth-order valence-electron chi connectivity index (χ4n) is 4.27. The Morgan fingerprint density at radius 1 is 1.12 bits per heavy atom. The number of rotatable bonds is 15. The van der Waals surface area contributed by atoms with E-state index >= 15 is 0 Å². The maximum Gasteiger partial charge on any atom is 0.416 e. The molecule has 1 unspecified atom stereocenters. The number of aliphatic hydroxyl groups excluding tert-OH is 1. The number of sulfonamides is 1. The fraction of sp³-hybridized carbons (Fsp3) is 0.536. The highest BCUT2D eigenvalue weighted by molar-refractivity contribution is 7.89. The molecule has 0 fully saturated rings. The lowest BCUT2D eigenvalue weighted by Gasteiger charge is -2.29. The number of β-amino-alcohol motifs (C(OH)–C–C–N with tert-alkyl or cyclic N) is 1. The summed E-state index contributed by atoms with van der Waals surface area (Å²) >= 11 is 0. The van der Waals surface area contributed by atoms with Gasteiger partial charge in [-0.1, -0.05) is 25.1 Å². The van der Waals surface area contributed by atoms with Crippen LogP contribution >= 0.6 is 0 Å². The second-order valence-corrected chi connectivity index (χ2v) is 12.8. The Morgan fingerprint density at radius 2 is 1.77 bits per heavy atom. The molecule has 0 aliphatic heterocycles. The van der Waals surface area contributed by atoms with Crippen LogP contribution in [0.25, 0.3) is 0 Å². The van der Waals surface area contributed by atoms with Crippen molar-refractivity contribution in [2.75, 3.05) is 20.1 Å². The van der Waals surface area contributed by atoms with Crippen molar-refractivity contribution in [1.82, 2.24) is 9.62 Å². The summed E-state index contributed by atoms with van der Waals surface area (Å²) in [6.07, 6.45) is -4.36. The number of likely N-dealkylation sites (N-methyl/N-ethyl adjacent to an activating group) is 1. The standard InChI is InChI=1S/C28H38F4N2O5S/c1-19(11-12-26(36)37)21-14-22(28(30,31)32)16-24(15-21)40(38,39)34(4)18-23(35)17-33-27(2,3)13-7-9-20-8-5-6-10-25(20)29/h5-6,8,10,14-16,19,23,33,35H,7,9,11-13,17-18H2,1-4H3,(H,36,37)/t19?,23-/m1/s1. The van der Waals surface area contributed by atoms with E-state index in [0.29, 0.717) is 30.9 Å². The lowest BCUT2D eigenvalue weighted by Crippen LogP contribution is -2.46. The molecule has 2 aromatic rings. The molecule has 2 atom stereocenters. The SMILES string of the molecule is CC(CCC(=O)O)c1cc(C(F)(F)F)cc(S(=O)(=O)N(C)C[C@H](O)CNC(C)(C)CCCc2ccccc2F)c1. The second kappa shape index (κ2) is 13.9. The predicted molar refractivity (Wildman–Crippen MR) is 144 cm³/mol. The molecular weight excluding hydrogens is 552 g/mol. The zero-order chi connectivity index (χ0) is 30.3. The van der Waals surface area contributed by atoms with E-state index in [1.54, 1.807) is 18.2 Å². The molecule has 3 N–H and O–H groups in total. The van der Waals surface area contributed by atoms with Crippen molar-refractivity contribution in [1.29, 1.82) is 0 Å². The van der Waals surface area contributed by atoms with Gasteiger partial charge in [-0.2, -0.15) is 17.5 Å². The molecule has 0 radical (unpaired) electrons. The van der Waals surface area contributed by atoms with Gasteiger partial charge >= 0.3 is 12.1 Å². The summed E-state index contributed by atoms with van der Waals surface area (Å²) in [7, 11) is -3.24. The van der Waals surface area contributed by atoms with E-state index in [4.69, 9.17) is 5.11 Å². The summed E-state index contributed by atoms with van der Waals surface area (Å²) in [5.74, 6) is -2.01. The lowest BCUT2D eigenvalue weighted by molar-refractivity contribution is -0.138. The predicted octanol–water partition coefficient (Wildman–Crippen LogP) is 5.19. The summed E-state index contributed by atoms with van der Waals surface area (Å²) in [4.78, 5) is 10.3. The number of halogens is 4. The van der Waals surface area contributed by atoms with Crippen molar-refractivity contribution in [2.24, 2.45) is 0 Å². The topological polar surface area (TPSA) is 107 Å². The minimum Gasteiger partial charge on any atom is -0.481 e. The van der Waals surface area contributed by atoms with Gasteiger partial charge in [0, 0.05) is 32.1 Å². The van der Waals surface area contributed by atoms with E-state index in [9.17, 15) is 35.9 Å². The van der Waals surface area contributed by atoms with Gasteiger partial charge in [0.2, 0.25) is 10.0 Å². The van der Waals surface area contributed by atoms with Crippen molar-refractivity contribution in [3.05, 3.63) is 65.0 Å². The maximum atomic E-state index is 13.8. The molecule has 0 heterocycles. The van der Waals surface area contributed by atoms with Crippen LogP contribution in [0, 0.1) is 5.82 Å². The Kier molecular flexibility index (Phi) is 11.7. The van der Waals surface area contributed by atoms with Gasteiger partial charge in [-0.25, -0.2) is 12.8 Å². The first-order chi connectivity index (χ1) is 18.4. The van der Waals surface area contributed by atoms with E-state index in [-0.39, 0.29) is 37.3 Å². The third kappa shape index (κ3) is 10.1. The van der Waals surface area contributed by atoms with E-state index < -0.39 is 50.2 Å². The number of benzene rings is 2. The van der Waals surface area contributed by atoms with Crippen LogP contribution in [0.3, 0.4) is 0 Å². The molecule has 224 valence electrons. The van der Waals surface area contributed by atoms with Gasteiger partial charge in [-0.05, 0) is 80.8 Å². The van der Waals surface area contributed by atoms with Gasteiger partial charge in [0.1, 0.15) is 5.82 Å². The normalized spacial score (nSPS) is 14.3. The third-order valence-electron chi connectivity index (χ3n) is 6.81. The molecule has 2 rings (SSSR count). The minimum absolute atomic E-state index is 0.0205. The second-order valence-electron chi connectivity index (χ2n) is 10.8. The Balaban J connectivity index is 2.06. The largest absolute Gasteiger partial charge is 0.481 e. The van der Waals surface area contributed by atoms with Crippen LogP contribution in [-0.4, -0.2) is 60.7 Å². The molecule has 40 heavy (non-hydrogen) atoms. The molecular formula is C28H38F4N2O5S. The van der Waals surface area contributed by atoms with Gasteiger partial charge in [0.15, 0.2) is 0 Å². The number of carbonyl (C=O) groups is 1. The molecule has 7 nitrogen and oxygen atoms in total. The van der Waals surface area contributed by atoms with Crippen molar-refractivity contribution >= 4 is 16.0 Å². The number of nitrogens with zero attached hydrogens (tertiary/aromatic N) is 1. The Morgan fingerprint density at radius 3 is 2.38 bits per heavy atom. The van der Waals surface area contributed by atoms with Crippen LogP contribution in [-0.2, 0) is 27.4 Å². The first-order valence-electron chi connectivity index (χ1n) is 13.0. The van der Waals surface area contributed by atoms with Gasteiger partial charge in [-0.3, -0.25) is 4.79 Å². The van der Waals surface area contributed by atoms with Crippen molar-refractivity contribution in [3.8, 4) is 0 Å². The molecule has 0 spiro atoms. The van der Waals surface area contributed by atoms with Gasteiger partial charge in [0.25, 0.3) is 0 Å². The quantitative estimate of drug-likeness (QED) is 0.247. The van der Waals surface area contributed by atoms with Crippen LogP contribution in [0.1, 0.15) is 69.1 Å². The summed E-state index contributed by atoms with van der Waals surface area (Å²) in [5, 5.41) is 22.6. The van der Waals surface area contributed by atoms with E-state index in [2.05, 4.69) is 5.32 Å². The fourth-order valence-corrected chi connectivity index (χ4v) is 5.56. The molecule has 0 aromatic heterocycles. The highest BCUT2D eigenvalue weighted by Crippen LogP contribution is 2.35. The smallest absolute Gasteiger partial charge is 0.416 e. The number of aliphatic hydroxyl groups is 1. The monoisotopic (exact) mass is 590 g/mol. The number of nitrogens with one attached hydrogen (secondary N) is 1. The first-order valence-corrected chi connectivity index (χ1v) is 14.4. The Labute approximate surface area is 233 Å². The summed E-state index contributed by atoms with van der Waals surface area (Å²) in [6.45, 7) is 4.98. The average molecular weight is 591 g/mol. The average Bonchev–Trinajstić information content (AvgIpc) is 2.86.